The molecule has 2 atom stereocenters. The minimum Gasteiger partial charge on any atom is -0.354 e. The van der Waals surface area contributed by atoms with E-state index in [0.29, 0.717) is 19.0 Å². The van der Waals surface area contributed by atoms with E-state index in [1.54, 1.807) is 0 Å². The number of ketones is 1. The van der Waals surface area contributed by atoms with Gasteiger partial charge in [0.1, 0.15) is 5.41 Å². The van der Waals surface area contributed by atoms with Crippen molar-refractivity contribution >= 4 is 11.7 Å². The van der Waals surface area contributed by atoms with Gasteiger partial charge in [-0.3, -0.25) is 9.59 Å². The maximum atomic E-state index is 12.3. The third-order valence-corrected chi connectivity index (χ3v) is 4.42. The van der Waals surface area contributed by atoms with Gasteiger partial charge in [-0.05, 0) is 25.2 Å². The van der Waals surface area contributed by atoms with E-state index in [1.165, 1.54) is 0 Å². The molecule has 0 aliphatic heterocycles. The van der Waals surface area contributed by atoms with Crippen LogP contribution in [0.1, 0.15) is 33.1 Å². The number of hydrogen-bond donors (Lipinski definition) is 2. The van der Waals surface area contributed by atoms with E-state index in [9.17, 15) is 9.59 Å². The molecule has 2 aliphatic rings. The van der Waals surface area contributed by atoms with E-state index in [0.717, 1.165) is 19.3 Å². The fourth-order valence-electron chi connectivity index (χ4n) is 3.33. The molecule has 0 radical (unpaired) electrons. The van der Waals surface area contributed by atoms with Crippen LogP contribution in [0, 0.1) is 16.7 Å². The van der Waals surface area contributed by atoms with E-state index in [-0.39, 0.29) is 17.1 Å². The minimum atomic E-state index is -0.733. The van der Waals surface area contributed by atoms with Crippen LogP contribution >= 0.6 is 0 Å². The topological polar surface area (TPSA) is 72.2 Å². The lowest BCUT2D eigenvalue weighted by molar-refractivity contribution is -0.145. The normalized spacial score (nSPS) is 35.4. The summed E-state index contributed by atoms with van der Waals surface area (Å²) in [6.07, 6.45) is 2.44. The number of carbonyl (C=O) groups excluding carboxylic acids is 2. The molecule has 0 spiro atoms. The van der Waals surface area contributed by atoms with Crippen molar-refractivity contribution in [2.24, 2.45) is 22.5 Å². The van der Waals surface area contributed by atoms with Crippen LogP contribution in [0.2, 0.25) is 0 Å². The zero-order chi connectivity index (χ0) is 12.0. The van der Waals surface area contributed by atoms with Crippen LogP contribution in [0.15, 0.2) is 0 Å². The van der Waals surface area contributed by atoms with Gasteiger partial charge >= 0.3 is 0 Å². The Kier molecular flexibility index (Phi) is 2.57. The van der Waals surface area contributed by atoms with Gasteiger partial charge in [0.25, 0.3) is 0 Å². The monoisotopic (exact) mass is 224 g/mol. The van der Waals surface area contributed by atoms with Crippen molar-refractivity contribution < 1.29 is 9.59 Å². The van der Waals surface area contributed by atoms with Crippen molar-refractivity contribution in [2.75, 3.05) is 13.1 Å². The summed E-state index contributed by atoms with van der Waals surface area (Å²) in [5.41, 5.74) is 4.30. The lowest BCUT2D eigenvalue weighted by Gasteiger charge is -2.32. The highest BCUT2D eigenvalue weighted by Crippen LogP contribution is 2.60. The number of hydrogen-bond acceptors (Lipinski definition) is 3. The SMILES string of the molecule is CC1(C)C(=O)[C@@]2(C(=O)NCCN)CC[C@@H]1C2. The third kappa shape index (κ3) is 1.32. The van der Waals surface area contributed by atoms with E-state index < -0.39 is 5.41 Å². The number of rotatable bonds is 3. The zero-order valence-electron chi connectivity index (χ0n) is 10.0. The number of nitrogens with two attached hydrogens (primary N) is 1. The van der Waals surface area contributed by atoms with Gasteiger partial charge in [-0.15, -0.1) is 0 Å². The van der Waals surface area contributed by atoms with Gasteiger partial charge in [-0.1, -0.05) is 13.8 Å². The summed E-state index contributed by atoms with van der Waals surface area (Å²) in [6, 6.07) is 0. The van der Waals surface area contributed by atoms with Crippen LogP contribution in [0.25, 0.3) is 0 Å². The van der Waals surface area contributed by atoms with Crippen molar-refractivity contribution in [2.45, 2.75) is 33.1 Å². The molecular weight excluding hydrogens is 204 g/mol. The molecule has 2 rings (SSSR count). The standard InChI is InChI=1S/C12H20N2O2/c1-11(2)8-3-4-12(7-8,9(11)15)10(16)14-6-5-13/h8H,3-7,13H2,1-2H3,(H,14,16)/t8-,12-/m1/s1. The van der Waals surface area contributed by atoms with E-state index >= 15 is 0 Å². The number of amides is 1. The summed E-state index contributed by atoms with van der Waals surface area (Å²) >= 11 is 0. The van der Waals surface area contributed by atoms with Crippen molar-refractivity contribution in [3.63, 3.8) is 0 Å². The molecule has 1 amide bonds. The molecule has 4 heteroatoms. The lowest BCUT2D eigenvalue weighted by atomic mass is 9.70. The van der Waals surface area contributed by atoms with Gasteiger partial charge in [-0.25, -0.2) is 0 Å². The summed E-state index contributed by atoms with van der Waals surface area (Å²) < 4.78 is 0. The van der Waals surface area contributed by atoms with E-state index in [4.69, 9.17) is 5.73 Å². The molecule has 0 unspecified atom stereocenters. The molecule has 90 valence electrons. The molecule has 2 saturated carbocycles. The van der Waals surface area contributed by atoms with Crippen LogP contribution in [-0.4, -0.2) is 24.8 Å². The van der Waals surface area contributed by atoms with Crippen molar-refractivity contribution in [1.82, 2.24) is 5.32 Å². The van der Waals surface area contributed by atoms with Crippen molar-refractivity contribution in [3.8, 4) is 0 Å². The van der Waals surface area contributed by atoms with Gasteiger partial charge in [0.15, 0.2) is 5.78 Å². The maximum Gasteiger partial charge on any atom is 0.233 e. The van der Waals surface area contributed by atoms with E-state index in [1.807, 2.05) is 13.8 Å². The first-order chi connectivity index (χ1) is 7.45. The molecule has 0 heterocycles. The molecule has 2 aliphatic carbocycles. The fourth-order valence-corrected chi connectivity index (χ4v) is 3.33. The highest BCUT2D eigenvalue weighted by atomic mass is 16.2. The second-order valence-electron chi connectivity index (χ2n) is 5.62. The summed E-state index contributed by atoms with van der Waals surface area (Å²) in [6.45, 7) is 4.82. The average molecular weight is 224 g/mol. The third-order valence-electron chi connectivity index (χ3n) is 4.42. The summed E-state index contributed by atoms with van der Waals surface area (Å²) in [7, 11) is 0. The zero-order valence-corrected chi connectivity index (χ0v) is 10.0. The fraction of sp³-hybridized carbons (Fsp3) is 0.833. The Labute approximate surface area is 96.0 Å². The number of fused-ring (bicyclic) bond motifs is 2. The van der Waals surface area contributed by atoms with Crippen LogP contribution in [0.3, 0.4) is 0 Å². The molecule has 16 heavy (non-hydrogen) atoms. The quantitative estimate of drug-likeness (QED) is 0.684. The van der Waals surface area contributed by atoms with Crippen LogP contribution in [0.5, 0.6) is 0 Å². The molecule has 3 N–H and O–H groups in total. The predicted octanol–water partition coefficient (Wildman–Crippen LogP) is 0.457. The molecule has 0 saturated heterocycles. The summed E-state index contributed by atoms with van der Waals surface area (Å²) in [4.78, 5) is 24.4. The first kappa shape index (κ1) is 11.6. The second kappa shape index (κ2) is 3.55. The molecular formula is C12H20N2O2. The van der Waals surface area contributed by atoms with E-state index in [2.05, 4.69) is 5.32 Å². The first-order valence-electron chi connectivity index (χ1n) is 5.98. The van der Waals surface area contributed by atoms with Gasteiger partial charge in [0, 0.05) is 18.5 Å². The Morgan fingerprint density at radius 2 is 2.25 bits per heavy atom. The van der Waals surface area contributed by atoms with Crippen molar-refractivity contribution in [1.29, 1.82) is 0 Å². The Morgan fingerprint density at radius 1 is 1.56 bits per heavy atom. The van der Waals surface area contributed by atoms with Gasteiger partial charge in [0.2, 0.25) is 5.91 Å². The minimum absolute atomic E-state index is 0.101. The van der Waals surface area contributed by atoms with Crippen LogP contribution in [-0.2, 0) is 9.59 Å². The molecule has 0 aromatic carbocycles. The van der Waals surface area contributed by atoms with Gasteiger partial charge in [-0.2, -0.15) is 0 Å². The van der Waals surface area contributed by atoms with Gasteiger partial charge < -0.3 is 11.1 Å². The number of carbonyl (C=O) groups is 2. The summed E-state index contributed by atoms with van der Waals surface area (Å²) in [5.74, 6) is 0.408. The largest absolute Gasteiger partial charge is 0.354 e. The van der Waals surface area contributed by atoms with Gasteiger partial charge in [0.05, 0.1) is 0 Å². The number of Topliss-reactive ketones (excluding diaryl/α,β-unsaturated/α-hetero) is 1. The Morgan fingerprint density at radius 3 is 2.75 bits per heavy atom. The first-order valence-corrected chi connectivity index (χ1v) is 5.98. The molecule has 2 fully saturated rings. The average Bonchev–Trinajstić information content (AvgIpc) is 2.76. The predicted molar refractivity (Wildman–Crippen MR) is 60.6 cm³/mol. The maximum absolute atomic E-state index is 12.3. The van der Waals surface area contributed by atoms with Crippen LogP contribution < -0.4 is 11.1 Å². The number of nitrogens with one attached hydrogen (secondary N) is 1. The molecule has 0 aromatic heterocycles. The molecule has 2 bridgehead atoms. The Balaban J connectivity index is 2.20. The highest BCUT2D eigenvalue weighted by molar-refractivity contribution is 6.10. The Bertz CT molecular complexity index is 338. The lowest BCUT2D eigenvalue weighted by Crippen LogP contribution is -2.48. The Hall–Kier alpha value is -0.900. The smallest absolute Gasteiger partial charge is 0.233 e. The van der Waals surface area contributed by atoms with Crippen LogP contribution in [0.4, 0.5) is 0 Å². The molecule has 0 aromatic rings. The summed E-state index contributed by atoms with van der Waals surface area (Å²) in [5, 5.41) is 2.78. The van der Waals surface area contributed by atoms with Crippen molar-refractivity contribution in [3.05, 3.63) is 0 Å². The molecule has 4 nitrogen and oxygen atoms in total. The highest BCUT2D eigenvalue weighted by Gasteiger charge is 2.64. The second-order valence-corrected chi connectivity index (χ2v) is 5.62.